The van der Waals surface area contributed by atoms with Crippen molar-refractivity contribution in [2.45, 2.75) is 24.6 Å². The van der Waals surface area contributed by atoms with Crippen LogP contribution in [-0.4, -0.2) is 17.8 Å². The summed E-state index contributed by atoms with van der Waals surface area (Å²) < 4.78 is 0.923. The monoisotopic (exact) mass is 315 g/mol. The fourth-order valence-corrected chi connectivity index (χ4v) is 2.95. The fraction of sp³-hybridized carbons (Fsp3) is 0.462. The van der Waals surface area contributed by atoms with Crippen molar-refractivity contribution in [3.63, 3.8) is 0 Å². The van der Waals surface area contributed by atoms with E-state index < -0.39 is 0 Å². The second-order valence-electron chi connectivity index (χ2n) is 4.50. The van der Waals surface area contributed by atoms with Gasteiger partial charge in [0, 0.05) is 22.0 Å². The predicted octanol–water partition coefficient (Wildman–Crippen LogP) is 3.59. The second kappa shape index (κ2) is 5.87. The molecule has 1 aromatic rings. The van der Waals surface area contributed by atoms with Crippen LogP contribution in [0.25, 0.3) is 0 Å². The lowest BCUT2D eigenvalue weighted by molar-refractivity contribution is 0.0947. The van der Waals surface area contributed by atoms with Crippen LogP contribution in [0.15, 0.2) is 28.7 Å². The average Bonchev–Trinajstić information content (AvgIpc) is 2.72. The van der Waals surface area contributed by atoms with Gasteiger partial charge in [-0.25, -0.2) is 0 Å². The number of nitrogens with one attached hydrogen (secondary N) is 1. The van der Waals surface area contributed by atoms with Crippen LogP contribution in [0.4, 0.5) is 0 Å². The number of carbonyl (C=O) groups excluding carboxylic acids is 1. The van der Waals surface area contributed by atoms with Gasteiger partial charge in [0.1, 0.15) is 0 Å². The minimum atomic E-state index is -0.00989. The van der Waals surface area contributed by atoms with Crippen LogP contribution >= 0.6 is 27.5 Å². The normalized spacial score (nSPS) is 23.6. The van der Waals surface area contributed by atoms with Gasteiger partial charge in [0.05, 0.1) is 0 Å². The molecule has 0 radical (unpaired) electrons. The largest absolute Gasteiger partial charge is 0.352 e. The van der Waals surface area contributed by atoms with Gasteiger partial charge in [-0.2, -0.15) is 0 Å². The average molecular weight is 317 g/mol. The SMILES string of the molecule is O=C(NCC1CCC(Cl)C1)c1cccc(Br)c1. The third kappa shape index (κ3) is 3.71. The Labute approximate surface area is 115 Å². The lowest BCUT2D eigenvalue weighted by Gasteiger charge is -2.10. The number of benzene rings is 1. The Bertz CT molecular complexity index is 410. The van der Waals surface area contributed by atoms with Crippen molar-refractivity contribution in [2.24, 2.45) is 5.92 Å². The van der Waals surface area contributed by atoms with Crippen LogP contribution < -0.4 is 5.32 Å². The van der Waals surface area contributed by atoms with E-state index in [0.29, 0.717) is 16.9 Å². The Kier molecular flexibility index (Phi) is 4.46. The van der Waals surface area contributed by atoms with Crippen molar-refractivity contribution in [2.75, 3.05) is 6.54 Å². The van der Waals surface area contributed by atoms with E-state index in [1.807, 2.05) is 24.3 Å². The predicted molar refractivity (Wildman–Crippen MR) is 73.5 cm³/mol. The van der Waals surface area contributed by atoms with Gasteiger partial charge in [-0.05, 0) is 43.4 Å². The molecule has 2 rings (SSSR count). The molecule has 0 aliphatic heterocycles. The van der Waals surface area contributed by atoms with E-state index in [0.717, 1.165) is 30.3 Å². The Morgan fingerprint density at radius 2 is 2.29 bits per heavy atom. The molecule has 1 N–H and O–H groups in total. The van der Waals surface area contributed by atoms with Gasteiger partial charge in [-0.15, -0.1) is 11.6 Å². The van der Waals surface area contributed by atoms with E-state index in [1.165, 1.54) is 0 Å². The summed E-state index contributed by atoms with van der Waals surface area (Å²) in [6, 6.07) is 7.42. The molecular formula is C13H15BrClNO. The van der Waals surface area contributed by atoms with Crippen molar-refractivity contribution in [3.8, 4) is 0 Å². The molecule has 1 amide bonds. The summed E-state index contributed by atoms with van der Waals surface area (Å²) in [4.78, 5) is 11.9. The van der Waals surface area contributed by atoms with Crippen LogP contribution in [0.2, 0.25) is 0 Å². The van der Waals surface area contributed by atoms with Gasteiger partial charge in [0.25, 0.3) is 5.91 Å². The number of halogens is 2. The highest BCUT2D eigenvalue weighted by Gasteiger charge is 2.23. The molecule has 2 atom stereocenters. The number of carbonyl (C=O) groups is 1. The van der Waals surface area contributed by atoms with Gasteiger partial charge >= 0.3 is 0 Å². The number of rotatable bonds is 3. The molecule has 0 bridgehead atoms. The first-order chi connectivity index (χ1) is 8.15. The standard InChI is InChI=1S/C13H15BrClNO/c14-11-3-1-2-10(7-11)13(17)16-8-9-4-5-12(15)6-9/h1-3,7,9,12H,4-6,8H2,(H,16,17). The number of hydrogen-bond donors (Lipinski definition) is 1. The Morgan fingerprint density at radius 3 is 2.94 bits per heavy atom. The molecule has 2 unspecified atom stereocenters. The Hall–Kier alpha value is -0.540. The topological polar surface area (TPSA) is 29.1 Å². The van der Waals surface area contributed by atoms with Crippen LogP contribution in [0, 0.1) is 5.92 Å². The van der Waals surface area contributed by atoms with Crippen LogP contribution in [-0.2, 0) is 0 Å². The summed E-state index contributed by atoms with van der Waals surface area (Å²) in [5.41, 5.74) is 0.694. The molecule has 0 heterocycles. The van der Waals surface area contributed by atoms with Crippen molar-refractivity contribution in [1.82, 2.24) is 5.32 Å². The number of hydrogen-bond acceptors (Lipinski definition) is 1. The highest BCUT2D eigenvalue weighted by atomic mass is 79.9. The molecular weight excluding hydrogens is 302 g/mol. The molecule has 1 aromatic carbocycles. The summed E-state index contributed by atoms with van der Waals surface area (Å²) in [5.74, 6) is 0.526. The lowest BCUT2D eigenvalue weighted by atomic mass is 10.1. The minimum absolute atomic E-state index is 0.00989. The number of amides is 1. The van der Waals surface area contributed by atoms with Gasteiger partial charge in [0.2, 0.25) is 0 Å². The molecule has 2 nitrogen and oxygen atoms in total. The zero-order chi connectivity index (χ0) is 12.3. The zero-order valence-electron chi connectivity index (χ0n) is 9.46. The maximum Gasteiger partial charge on any atom is 0.251 e. The maximum atomic E-state index is 11.9. The van der Waals surface area contributed by atoms with Crippen LogP contribution in [0.1, 0.15) is 29.6 Å². The minimum Gasteiger partial charge on any atom is -0.352 e. The highest BCUT2D eigenvalue weighted by Crippen LogP contribution is 2.28. The Morgan fingerprint density at radius 1 is 1.47 bits per heavy atom. The first-order valence-electron chi connectivity index (χ1n) is 5.83. The first-order valence-corrected chi connectivity index (χ1v) is 7.06. The van der Waals surface area contributed by atoms with Crippen molar-refractivity contribution in [3.05, 3.63) is 34.3 Å². The molecule has 1 saturated carbocycles. The van der Waals surface area contributed by atoms with E-state index in [4.69, 9.17) is 11.6 Å². The van der Waals surface area contributed by atoms with Crippen molar-refractivity contribution < 1.29 is 4.79 Å². The third-order valence-corrected chi connectivity index (χ3v) is 4.00. The van der Waals surface area contributed by atoms with E-state index in [-0.39, 0.29) is 5.91 Å². The molecule has 1 fully saturated rings. The van der Waals surface area contributed by atoms with Gasteiger partial charge in [-0.1, -0.05) is 22.0 Å². The molecule has 0 aromatic heterocycles. The fourth-order valence-electron chi connectivity index (χ4n) is 2.17. The smallest absolute Gasteiger partial charge is 0.251 e. The van der Waals surface area contributed by atoms with Crippen molar-refractivity contribution >= 4 is 33.4 Å². The number of alkyl halides is 1. The van der Waals surface area contributed by atoms with Crippen LogP contribution in [0.5, 0.6) is 0 Å². The molecule has 17 heavy (non-hydrogen) atoms. The Balaban J connectivity index is 1.85. The van der Waals surface area contributed by atoms with E-state index >= 15 is 0 Å². The molecule has 0 spiro atoms. The zero-order valence-corrected chi connectivity index (χ0v) is 11.8. The maximum absolute atomic E-state index is 11.9. The summed E-state index contributed by atoms with van der Waals surface area (Å²) in [7, 11) is 0. The third-order valence-electron chi connectivity index (χ3n) is 3.12. The van der Waals surface area contributed by atoms with E-state index in [9.17, 15) is 4.79 Å². The second-order valence-corrected chi connectivity index (χ2v) is 6.03. The van der Waals surface area contributed by atoms with Crippen molar-refractivity contribution in [1.29, 1.82) is 0 Å². The molecule has 1 aliphatic carbocycles. The van der Waals surface area contributed by atoms with Gasteiger partial charge in [0.15, 0.2) is 0 Å². The molecule has 0 saturated heterocycles. The first kappa shape index (κ1) is 12.9. The van der Waals surface area contributed by atoms with E-state index in [2.05, 4.69) is 21.2 Å². The van der Waals surface area contributed by atoms with Gasteiger partial charge < -0.3 is 5.32 Å². The summed E-state index contributed by atoms with van der Waals surface area (Å²) in [5, 5.41) is 3.26. The molecule has 4 heteroatoms. The summed E-state index contributed by atoms with van der Waals surface area (Å²) in [6.45, 7) is 0.731. The van der Waals surface area contributed by atoms with E-state index in [1.54, 1.807) is 0 Å². The van der Waals surface area contributed by atoms with Crippen LogP contribution in [0.3, 0.4) is 0 Å². The lowest BCUT2D eigenvalue weighted by Crippen LogP contribution is -2.28. The highest BCUT2D eigenvalue weighted by molar-refractivity contribution is 9.10. The quantitative estimate of drug-likeness (QED) is 0.848. The summed E-state index contributed by atoms with van der Waals surface area (Å²) >= 11 is 9.40. The summed E-state index contributed by atoms with van der Waals surface area (Å²) in [6.07, 6.45) is 3.20. The molecule has 92 valence electrons. The van der Waals surface area contributed by atoms with Gasteiger partial charge in [-0.3, -0.25) is 4.79 Å². The molecule has 1 aliphatic rings.